The lowest BCUT2D eigenvalue weighted by atomic mass is 9.76. The van der Waals surface area contributed by atoms with E-state index in [1.807, 2.05) is 24.3 Å². The molecule has 1 saturated heterocycles. The highest BCUT2D eigenvalue weighted by atomic mass is 19.4. The molecule has 1 aliphatic heterocycles. The first-order valence-electron chi connectivity index (χ1n) is 14.7. The van der Waals surface area contributed by atoms with Crippen molar-refractivity contribution < 1.29 is 27.2 Å². The van der Waals surface area contributed by atoms with Gasteiger partial charge in [0.05, 0.1) is 17.5 Å². The lowest BCUT2D eigenvalue weighted by molar-refractivity contribution is -0.138. The Morgan fingerprint density at radius 1 is 0.976 bits per heavy atom. The van der Waals surface area contributed by atoms with Crippen molar-refractivity contribution in [2.45, 2.75) is 82.6 Å². The van der Waals surface area contributed by atoms with Crippen LogP contribution in [0, 0.1) is 18.8 Å². The molecule has 42 heavy (non-hydrogen) atoms. The summed E-state index contributed by atoms with van der Waals surface area (Å²) in [7, 11) is 0. The number of rotatable bonds is 6. The molecule has 2 amide bonds. The SMILES string of the molecule is Cc1ccc(NC(=O)C2C[C@@H]3CCC[C@@H]3N(C(=O)c3cocn3)C2c2ccc(NC3CCCC3)cc2)cc1C(F)(F)F. The molecule has 3 fully saturated rings. The maximum Gasteiger partial charge on any atom is 0.416 e. The van der Waals surface area contributed by atoms with E-state index in [0.717, 1.165) is 49.4 Å². The first-order valence-corrected chi connectivity index (χ1v) is 14.7. The third-order valence-electron chi connectivity index (χ3n) is 9.23. The van der Waals surface area contributed by atoms with E-state index in [9.17, 15) is 22.8 Å². The van der Waals surface area contributed by atoms with Gasteiger partial charge in [0.15, 0.2) is 12.1 Å². The van der Waals surface area contributed by atoms with E-state index in [2.05, 4.69) is 15.6 Å². The van der Waals surface area contributed by atoms with Gasteiger partial charge in [0, 0.05) is 23.5 Å². The fraction of sp³-hybridized carbons (Fsp3) is 0.469. The molecule has 1 aromatic heterocycles. The molecule has 4 atom stereocenters. The van der Waals surface area contributed by atoms with Gasteiger partial charge in [-0.15, -0.1) is 0 Å². The third-order valence-corrected chi connectivity index (χ3v) is 9.23. The van der Waals surface area contributed by atoms with Crippen molar-refractivity contribution in [2.24, 2.45) is 11.8 Å². The van der Waals surface area contributed by atoms with Crippen LogP contribution < -0.4 is 10.6 Å². The van der Waals surface area contributed by atoms with E-state index in [1.165, 1.54) is 44.6 Å². The Kier molecular flexibility index (Phi) is 7.72. The predicted octanol–water partition coefficient (Wildman–Crippen LogP) is 7.37. The van der Waals surface area contributed by atoms with E-state index in [1.54, 1.807) is 4.90 Å². The van der Waals surface area contributed by atoms with Gasteiger partial charge in [0.25, 0.3) is 5.91 Å². The molecule has 0 spiro atoms. The highest BCUT2D eigenvalue weighted by Gasteiger charge is 2.50. The summed E-state index contributed by atoms with van der Waals surface area (Å²) >= 11 is 0. The molecule has 2 aliphatic carbocycles. The van der Waals surface area contributed by atoms with Crippen LogP contribution in [0.25, 0.3) is 0 Å². The topological polar surface area (TPSA) is 87.5 Å². The summed E-state index contributed by atoms with van der Waals surface area (Å²) in [4.78, 5) is 33.8. The average Bonchev–Trinajstić information content (AvgIpc) is 3.76. The molecular weight excluding hydrogens is 545 g/mol. The summed E-state index contributed by atoms with van der Waals surface area (Å²) in [5.74, 6) is -1.30. The number of likely N-dealkylation sites (tertiary alicyclic amines) is 1. The van der Waals surface area contributed by atoms with Crippen LogP contribution in [-0.2, 0) is 11.0 Å². The summed E-state index contributed by atoms with van der Waals surface area (Å²) in [6.45, 7) is 1.39. The number of anilines is 2. The number of alkyl halides is 3. The zero-order valence-electron chi connectivity index (χ0n) is 23.5. The van der Waals surface area contributed by atoms with Gasteiger partial charge in [-0.1, -0.05) is 37.5 Å². The number of hydrogen-bond acceptors (Lipinski definition) is 5. The summed E-state index contributed by atoms with van der Waals surface area (Å²) in [5.41, 5.74) is 1.32. The van der Waals surface area contributed by atoms with Crippen LogP contribution in [0.3, 0.4) is 0 Å². The minimum absolute atomic E-state index is 0.0734. The van der Waals surface area contributed by atoms with Crippen molar-refractivity contribution in [3.05, 3.63) is 77.5 Å². The quantitative estimate of drug-likeness (QED) is 0.318. The molecular formula is C32H35F3N4O3. The molecule has 0 bridgehead atoms. The molecule has 2 unspecified atom stereocenters. The average molecular weight is 581 g/mol. The number of benzene rings is 2. The second-order valence-electron chi connectivity index (χ2n) is 11.9. The summed E-state index contributed by atoms with van der Waals surface area (Å²) in [6.07, 6.45) is 5.81. The summed E-state index contributed by atoms with van der Waals surface area (Å²) in [6, 6.07) is 11.4. The Labute approximate surface area is 242 Å². The monoisotopic (exact) mass is 580 g/mol. The number of piperidine rings is 1. The molecule has 2 saturated carbocycles. The van der Waals surface area contributed by atoms with Crippen molar-refractivity contribution in [2.75, 3.05) is 10.6 Å². The first-order chi connectivity index (χ1) is 20.2. The van der Waals surface area contributed by atoms with Gasteiger partial charge in [-0.25, -0.2) is 4.98 Å². The predicted molar refractivity (Wildman–Crippen MR) is 152 cm³/mol. The first kappa shape index (κ1) is 28.3. The normalized spacial score (nSPS) is 24.4. The largest absolute Gasteiger partial charge is 0.451 e. The lowest BCUT2D eigenvalue weighted by Crippen LogP contribution is -2.54. The van der Waals surface area contributed by atoms with Crippen LogP contribution in [0.2, 0.25) is 0 Å². The number of oxazole rings is 1. The molecule has 7 nitrogen and oxygen atoms in total. The molecule has 3 aliphatic rings. The highest BCUT2D eigenvalue weighted by Crippen LogP contribution is 2.49. The minimum Gasteiger partial charge on any atom is -0.451 e. The van der Waals surface area contributed by atoms with Crippen molar-refractivity contribution in [3.8, 4) is 0 Å². The zero-order chi connectivity index (χ0) is 29.4. The standard InChI is InChI=1S/C32H35F3N4O3/c1-19-9-12-24(16-26(19)32(33,34)35)38-30(40)25-15-21-5-4-8-28(21)39(31(41)27-17-42-18-36-27)29(25)20-10-13-23(14-11-20)37-22-6-2-3-7-22/h9-14,16-18,21-22,25,28-29,37H,2-8,15H2,1H3,(H,38,40)/t21-,25?,28-,29?/m0/s1. The Bertz CT molecular complexity index is 1420. The fourth-order valence-corrected chi connectivity index (χ4v) is 7.21. The van der Waals surface area contributed by atoms with Gasteiger partial charge >= 0.3 is 6.18 Å². The van der Waals surface area contributed by atoms with Crippen LogP contribution in [-0.4, -0.2) is 33.8 Å². The van der Waals surface area contributed by atoms with E-state index < -0.39 is 29.6 Å². The number of aromatic nitrogens is 1. The number of nitrogens with one attached hydrogen (secondary N) is 2. The number of fused-ring (bicyclic) bond motifs is 1. The molecule has 222 valence electrons. The summed E-state index contributed by atoms with van der Waals surface area (Å²) < 4.78 is 46.0. The van der Waals surface area contributed by atoms with Crippen LogP contribution >= 0.6 is 0 Å². The van der Waals surface area contributed by atoms with Crippen molar-refractivity contribution in [1.82, 2.24) is 9.88 Å². The lowest BCUT2D eigenvalue weighted by Gasteiger charge is -2.47. The molecule has 2 heterocycles. The van der Waals surface area contributed by atoms with Crippen LogP contribution in [0.1, 0.15) is 84.6 Å². The zero-order valence-corrected chi connectivity index (χ0v) is 23.5. The van der Waals surface area contributed by atoms with Gasteiger partial charge in [-0.05, 0) is 80.3 Å². The second kappa shape index (κ2) is 11.5. The Hall–Kier alpha value is -3.82. The van der Waals surface area contributed by atoms with Crippen molar-refractivity contribution in [1.29, 1.82) is 0 Å². The van der Waals surface area contributed by atoms with Gasteiger partial charge in [-0.3, -0.25) is 9.59 Å². The Morgan fingerprint density at radius 3 is 2.40 bits per heavy atom. The molecule has 3 aromatic rings. The van der Waals surface area contributed by atoms with E-state index in [4.69, 9.17) is 4.42 Å². The fourth-order valence-electron chi connectivity index (χ4n) is 7.21. The maximum absolute atomic E-state index is 14.0. The molecule has 10 heteroatoms. The summed E-state index contributed by atoms with van der Waals surface area (Å²) in [5, 5.41) is 6.34. The number of aryl methyl sites for hydroxylation is 1. The number of halogens is 3. The molecule has 2 N–H and O–H groups in total. The third kappa shape index (κ3) is 5.63. The highest BCUT2D eigenvalue weighted by molar-refractivity contribution is 5.96. The van der Waals surface area contributed by atoms with Crippen LogP contribution in [0.4, 0.5) is 24.5 Å². The van der Waals surface area contributed by atoms with E-state index >= 15 is 0 Å². The number of hydrogen-bond donors (Lipinski definition) is 2. The minimum atomic E-state index is -4.54. The van der Waals surface area contributed by atoms with Crippen LogP contribution in [0.15, 0.2) is 59.5 Å². The Balaban J connectivity index is 1.35. The van der Waals surface area contributed by atoms with Gasteiger partial charge < -0.3 is 20.0 Å². The van der Waals surface area contributed by atoms with Gasteiger partial charge in [0.1, 0.15) is 6.26 Å². The van der Waals surface area contributed by atoms with Crippen molar-refractivity contribution in [3.63, 3.8) is 0 Å². The number of carbonyl (C=O) groups excluding carboxylic acids is 2. The molecule has 0 radical (unpaired) electrons. The smallest absolute Gasteiger partial charge is 0.416 e. The Morgan fingerprint density at radius 2 is 1.71 bits per heavy atom. The number of carbonyl (C=O) groups is 2. The van der Waals surface area contributed by atoms with Crippen LogP contribution in [0.5, 0.6) is 0 Å². The van der Waals surface area contributed by atoms with Crippen molar-refractivity contribution >= 4 is 23.2 Å². The van der Waals surface area contributed by atoms with Gasteiger partial charge in [0.2, 0.25) is 5.91 Å². The number of nitrogens with zero attached hydrogens (tertiary/aromatic N) is 2. The second-order valence-corrected chi connectivity index (χ2v) is 11.9. The van der Waals surface area contributed by atoms with E-state index in [0.29, 0.717) is 12.5 Å². The molecule has 6 rings (SSSR count). The molecule has 2 aromatic carbocycles. The number of amides is 2. The van der Waals surface area contributed by atoms with E-state index in [-0.39, 0.29) is 34.8 Å². The maximum atomic E-state index is 14.0. The van der Waals surface area contributed by atoms with Gasteiger partial charge in [-0.2, -0.15) is 13.2 Å².